The van der Waals surface area contributed by atoms with Crippen molar-refractivity contribution in [2.45, 2.75) is 49.8 Å². The molecule has 2 fully saturated rings. The van der Waals surface area contributed by atoms with Crippen molar-refractivity contribution in [3.8, 4) is 11.3 Å². The number of amides is 2. The van der Waals surface area contributed by atoms with Crippen molar-refractivity contribution in [2.75, 3.05) is 33.4 Å². The minimum absolute atomic E-state index is 0.198. The summed E-state index contributed by atoms with van der Waals surface area (Å²) >= 11 is 0. The Labute approximate surface area is 228 Å². The Bertz CT molecular complexity index is 1280. The monoisotopic (exact) mass is 532 g/mol. The Hall–Kier alpha value is -3.69. The fraction of sp³-hybridized carbons (Fsp3) is 0.433. The first kappa shape index (κ1) is 26.9. The van der Waals surface area contributed by atoms with E-state index in [-0.39, 0.29) is 44.2 Å². The molecule has 0 bridgehead atoms. The van der Waals surface area contributed by atoms with Crippen molar-refractivity contribution < 1.29 is 24.5 Å². The molecule has 0 unspecified atom stereocenters. The van der Waals surface area contributed by atoms with Crippen LogP contribution in [0.15, 0.2) is 67.0 Å². The summed E-state index contributed by atoms with van der Waals surface area (Å²) in [4.78, 5) is 33.9. The number of methoxy groups -OCH3 is 1. The maximum Gasteiger partial charge on any atom is 0.407 e. The van der Waals surface area contributed by atoms with Crippen LogP contribution in [-0.4, -0.2) is 86.6 Å². The van der Waals surface area contributed by atoms with Crippen LogP contribution in [0.3, 0.4) is 0 Å². The lowest BCUT2D eigenvalue weighted by Gasteiger charge is -2.41. The third-order valence-electron chi connectivity index (χ3n) is 8.06. The van der Waals surface area contributed by atoms with Crippen LogP contribution in [0, 0.1) is 0 Å². The van der Waals surface area contributed by atoms with Crippen LogP contribution in [0.1, 0.15) is 47.8 Å². The van der Waals surface area contributed by atoms with Crippen molar-refractivity contribution in [3.05, 3.63) is 78.2 Å². The molecule has 1 aliphatic heterocycles. The van der Waals surface area contributed by atoms with Crippen LogP contribution in [0.5, 0.6) is 0 Å². The molecule has 1 aromatic heterocycles. The minimum atomic E-state index is -1.07. The normalized spacial score (nSPS) is 23.5. The highest BCUT2D eigenvalue weighted by Gasteiger charge is 2.42. The van der Waals surface area contributed by atoms with Gasteiger partial charge in [0.15, 0.2) is 5.69 Å². The van der Waals surface area contributed by atoms with E-state index >= 15 is 0 Å². The van der Waals surface area contributed by atoms with E-state index < -0.39 is 11.7 Å². The second kappa shape index (κ2) is 11.6. The van der Waals surface area contributed by atoms with E-state index in [1.807, 2.05) is 65.2 Å². The molecule has 2 aromatic carbocycles. The largest absolute Gasteiger partial charge is 0.465 e. The van der Waals surface area contributed by atoms with Gasteiger partial charge >= 0.3 is 6.09 Å². The third kappa shape index (κ3) is 5.55. The maximum atomic E-state index is 14.3. The highest BCUT2D eigenvalue weighted by Crippen LogP contribution is 2.41. The molecule has 1 aliphatic carbocycles. The van der Waals surface area contributed by atoms with Crippen molar-refractivity contribution in [3.63, 3.8) is 0 Å². The Kier molecular flexibility index (Phi) is 7.99. The number of carbonyl (C=O) groups excluding carboxylic acids is 1. The number of rotatable bonds is 7. The Morgan fingerprint density at radius 2 is 1.77 bits per heavy atom. The van der Waals surface area contributed by atoms with Crippen LogP contribution in [0.2, 0.25) is 0 Å². The van der Waals surface area contributed by atoms with Gasteiger partial charge in [-0.2, -0.15) is 0 Å². The van der Waals surface area contributed by atoms with Crippen molar-refractivity contribution in [1.29, 1.82) is 0 Å². The number of piperazine rings is 1. The quantitative estimate of drug-likeness (QED) is 0.475. The van der Waals surface area contributed by atoms with Gasteiger partial charge in [-0.1, -0.05) is 73.5 Å². The van der Waals surface area contributed by atoms with Gasteiger partial charge in [-0.25, -0.2) is 9.78 Å². The number of aliphatic hydroxyl groups is 1. The lowest BCUT2D eigenvalue weighted by molar-refractivity contribution is -0.0893. The van der Waals surface area contributed by atoms with Crippen molar-refractivity contribution in [1.82, 2.24) is 19.4 Å². The molecule has 206 valence electrons. The zero-order chi connectivity index (χ0) is 27.4. The van der Waals surface area contributed by atoms with Gasteiger partial charge in [0.1, 0.15) is 5.60 Å². The number of hydrogen-bond donors (Lipinski definition) is 2. The summed E-state index contributed by atoms with van der Waals surface area (Å²) < 4.78 is 7.38. The van der Waals surface area contributed by atoms with E-state index in [1.54, 1.807) is 18.3 Å². The highest BCUT2D eigenvalue weighted by atomic mass is 16.5. The molecule has 5 rings (SSSR count). The molecule has 2 heterocycles. The first-order valence-electron chi connectivity index (χ1n) is 13.6. The number of nitrogens with zero attached hydrogens (tertiary/aromatic N) is 4. The lowest BCUT2D eigenvalue weighted by Crippen LogP contribution is -2.57. The van der Waals surface area contributed by atoms with Gasteiger partial charge in [-0.3, -0.25) is 4.79 Å². The lowest BCUT2D eigenvalue weighted by atomic mass is 9.80. The van der Waals surface area contributed by atoms with Crippen LogP contribution >= 0.6 is 0 Å². The number of aromatic nitrogens is 2. The van der Waals surface area contributed by atoms with Gasteiger partial charge in [0.2, 0.25) is 0 Å². The summed E-state index contributed by atoms with van der Waals surface area (Å²) in [6, 6.07) is 18.9. The Balaban J connectivity index is 1.54. The molecular weight excluding hydrogens is 496 g/mol. The molecule has 0 radical (unpaired) electrons. The number of benzene rings is 2. The fourth-order valence-electron chi connectivity index (χ4n) is 6.15. The van der Waals surface area contributed by atoms with E-state index in [0.29, 0.717) is 24.2 Å². The molecule has 2 N–H and O–H groups in total. The van der Waals surface area contributed by atoms with Gasteiger partial charge in [-0.05, 0) is 24.8 Å². The summed E-state index contributed by atoms with van der Waals surface area (Å²) in [5.41, 5.74) is 1.79. The van der Waals surface area contributed by atoms with E-state index in [4.69, 9.17) is 4.74 Å². The summed E-state index contributed by atoms with van der Waals surface area (Å²) in [6.07, 6.45) is 4.45. The van der Waals surface area contributed by atoms with E-state index in [2.05, 4.69) is 4.98 Å². The topological polar surface area (TPSA) is 108 Å². The first-order valence-corrected chi connectivity index (χ1v) is 13.6. The summed E-state index contributed by atoms with van der Waals surface area (Å²) in [7, 11) is 1.59. The van der Waals surface area contributed by atoms with Gasteiger partial charge in [-0.15, -0.1) is 0 Å². The van der Waals surface area contributed by atoms with Crippen LogP contribution in [0.25, 0.3) is 11.3 Å². The minimum Gasteiger partial charge on any atom is -0.465 e. The smallest absolute Gasteiger partial charge is 0.407 e. The molecule has 0 spiro atoms. The molecule has 2 amide bonds. The van der Waals surface area contributed by atoms with E-state index in [1.165, 1.54) is 4.90 Å². The summed E-state index contributed by atoms with van der Waals surface area (Å²) in [5, 5.41) is 21.3. The average Bonchev–Trinajstić information content (AvgIpc) is 3.38. The molecule has 2 aliphatic rings. The predicted octanol–water partition coefficient (Wildman–Crippen LogP) is 4.09. The molecule has 3 aromatic rings. The van der Waals surface area contributed by atoms with Crippen molar-refractivity contribution >= 4 is 12.0 Å². The van der Waals surface area contributed by atoms with Crippen LogP contribution in [-0.2, 0) is 11.2 Å². The number of imidazole rings is 1. The first-order chi connectivity index (χ1) is 18.9. The zero-order valence-corrected chi connectivity index (χ0v) is 22.3. The van der Waals surface area contributed by atoms with Crippen molar-refractivity contribution in [2.24, 2.45) is 0 Å². The van der Waals surface area contributed by atoms with Crippen LogP contribution < -0.4 is 0 Å². The fourth-order valence-corrected chi connectivity index (χ4v) is 6.15. The molecular formula is C30H36N4O5. The molecule has 3 atom stereocenters. The molecule has 9 nitrogen and oxygen atoms in total. The van der Waals surface area contributed by atoms with Gasteiger partial charge < -0.3 is 29.3 Å². The standard InChI is InChI=1S/C30H36N4O5/c1-39-20-30(38)15-9-8-14-25(30)34-21-31-26(27(34)23-12-6-3-7-13-23)28(35)33-17-16-32(29(36)37)19-24(33)18-22-10-4-2-5-11-22/h2-7,10-13,21,24-25,38H,8-9,14-20H2,1H3,(H,36,37)/t24-,25-,30-/m1/s1. The third-order valence-corrected chi connectivity index (χ3v) is 8.06. The summed E-state index contributed by atoms with van der Waals surface area (Å²) in [5.74, 6) is -0.232. The number of hydrogen-bond acceptors (Lipinski definition) is 5. The van der Waals surface area contributed by atoms with E-state index in [9.17, 15) is 19.8 Å². The molecule has 9 heteroatoms. The zero-order valence-electron chi connectivity index (χ0n) is 22.3. The SMILES string of the molecule is COC[C@]1(O)CCCC[C@H]1n1cnc(C(=O)N2CCN(C(=O)O)C[C@H]2Cc2ccccc2)c1-c1ccccc1. The number of carbonyl (C=O) groups is 2. The number of ether oxygens (including phenoxy) is 1. The Morgan fingerprint density at radius 3 is 2.46 bits per heavy atom. The van der Waals surface area contributed by atoms with Gasteiger partial charge in [0, 0.05) is 32.3 Å². The average molecular weight is 533 g/mol. The predicted molar refractivity (Wildman–Crippen MR) is 147 cm³/mol. The highest BCUT2D eigenvalue weighted by molar-refractivity contribution is 5.98. The van der Waals surface area contributed by atoms with E-state index in [0.717, 1.165) is 30.4 Å². The molecule has 1 saturated heterocycles. The molecule has 39 heavy (non-hydrogen) atoms. The summed E-state index contributed by atoms with van der Waals surface area (Å²) in [6.45, 7) is 0.946. The van der Waals surface area contributed by atoms with Gasteiger partial charge in [0.25, 0.3) is 5.91 Å². The van der Waals surface area contributed by atoms with Gasteiger partial charge in [0.05, 0.1) is 30.7 Å². The Morgan fingerprint density at radius 1 is 1.05 bits per heavy atom. The van der Waals surface area contributed by atoms with Crippen LogP contribution in [0.4, 0.5) is 4.79 Å². The number of carboxylic acid groups (broad SMARTS) is 1. The maximum absolute atomic E-state index is 14.3. The molecule has 1 saturated carbocycles. The second-order valence-electron chi connectivity index (χ2n) is 10.6. The second-order valence-corrected chi connectivity index (χ2v) is 10.6.